The molecule has 3 N–H and O–H groups in total. The Balaban J connectivity index is 1.53. The molecule has 27 heavy (non-hydrogen) atoms. The van der Waals surface area contributed by atoms with Crippen molar-refractivity contribution in [2.24, 2.45) is 0 Å². The molecular weight excluding hydrogens is 365 g/mol. The average molecular weight is 385 g/mol. The summed E-state index contributed by atoms with van der Waals surface area (Å²) in [6, 6.07) is 14.4. The molecule has 0 atom stereocenters. The smallest absolute Gasteiger partial charge is 0.319 e. The summed E-state index contributed by atoms with van der Waals surface area (Å²) in [7, 11) is 0. The normalized spacial score (nSPS) is 12.7. The molecule has 140 valence electrons. The molecule has 0 saturated heterocycles. The second-order valence-corrected chi connectivity index (χ2v) is 6.78. The Morgan fingerprint density at radius 2 is 2.00 bits per heavy atom. The topological polar surface area (TPSA) is 62.4 Å². The van der Waals surface area contributed by atoms with Crippen LogP contribution < -0.4 is 20.7 Å². The number of carbonyl (C=O) groups excluding carboxylic acids is 1. The standard InChI is InChI=1S/C20H20FN3O2S/c21-14-26-18-5-1-2-6-19(18)27-17-9-7-16(8-10-17)24-20(25)23-13-15-4-3-11-22-12-15/h1-10,12,22H,11,13-14H2,(H2,23,24,25). The van der Waals surface area contributed by atoms with Gasteiger partial charge in [0.25, 0.3) is 0 Å². The minimum absolute atomic E-state index is 0.267. The number of rotatable bonds is 7. The number of para-hydroxylation sites is 1. The lowest BCUT2D eigenvalue weighted by molar-refractivity contribution is 0.187. The van der Waals surface area contributed by atoms with Gasteiger partial charge in [-0.1, -0.05) is 36.0 Å². The van der Waals surface area contributed by atoms with Gasteiger partial charge in [-0.3, -0.25) is 0 Å². The largest absolute Gasteiger partial charge is 0.462 e. The third kappa shape index (κ3) is 5.79. The van der Waals surface area contributed by atoms with Gasteiger partial charge in [0, 0.05) is 29.9 Å². The van der Waals surface area contributed by atoms with Crippen LogP contribution in [-0.2, 0) is 0 Å². The lowest BCUT2D eigenvalue weighted by Crippen LogP contribution is -2.31. The number of benzene rings is 2. The summed E-state index contributed by atoms with van der Waals surface area (Å²) in [6.45, 7) is 0.400. The molecule has 0 unspecified atom stereocenters. The van der Waals surface area contributed by atoms with Crippen LogP contribution in [-0.4, -0.2) is 26.0 Å². The number of hydrogen-bond acceptors (Lipinski definition) is 4. The van der Waals surface area contributed by atoms with Crippen molar-refractivity contribution in [2.75, 3.05) is 25.3 Å². The van der Waals surface area contributed by atoms with Crippen molar-refractivity contribution in [2.45, 2.75) is 9.79 Å². The highest BCUT2D eigenvalue weighted by Gasteiger charge is 2.07. The number of anilines is 1. The Hall–Kier alpha value is -2.93. The molecule has 3 rings (SSSR count). The van der Waals surface area contributed by atoms with Gasteiger partial charge in [0.05, 0.1) is 4.90 Å². The van der Waals surface area contributed by atoms with E-state index in [9.17, 15) is 9.18 Å². The summed E-state index contributed by atoms with van der Waals surface area (Å²) in [6.07, 6.45) is 5.87. The molecule has 2 aromatic rings. The van der Waals surface area contributed by atoms with Crippen molar-refractivity contribution in [1.82, 2.24) is 10.6 Å². The molecule has 2 amide bonds. The number of alkyl halides is 1. The van der Waals surface area contributed by atoms with E-state index in [-0.39, 0.29) is 6.03 Å². The Kier molecular flexibility index (Phi) is 6.76. The molecule has 1 heterocycles. The third-order valence-electron chi connectivity index (χ3n) is 3.71. The predicted molar refractivity (Wildman–Crippen MR) is 106 cm³/mol. The SMILES string of the molecule is O=C(NCC1=CNCC=C1)Nc1ccc(Sc2ccccc2OCF)cc1. The Labute approximate surface area is 161 Å². The first kappa shape index (κ1) is 18.8. The first-order valence-corrected chi connectivity index (χ1v) is 9.26. The van der Waals surface area contributed by atoms with Crippen LogP contribution in [0.3, 0.4) is 0 Å². The first-order chi connectivity index (χ1) is 13.2. The Morgan fingerprint density at radius 1 is 1.19 bits per heavy atom. The Bertz CT molecular complexity index is 837. The zero-order valence-corrected chi connectivity index (χ0v) is 15.4. The maximum absolute atomic E-state index is 12.5. The second-order valence-electron chi connectivity index (χ2n) is 5.66. The number of dihydropyridines is 1. The highest BCUT2D eigenvalue weighted by Crippen LogP contribution is 2.35. The van der Waals surface area contributed by atoms with Gasteiger partial charge in [0.15, 0.2) is 0 Å². The van der Waals surface area contributed by atoms with Crippen molar-refractivity contribution in [3.8, 4) is 5.75 Å². The number of halogens is 1. The van der Waals surface area contributed by atoms with E-state index in [4.69, 9.17) is 4.74 Å². The van der Waals surface area contributed by atoms with Crippen molar-refractivity contribution >= 4 is 23.5 Å². The molecule has 5 nitrogen and oxygen atoms in total. The number of ether oxygens (including phenoxy) is 1. The van der Waals surface area contributed by atoms with E-state index in [0.29, 0.717) is 18.0 Å². The molecule has 0 aliphatic carbocycles. The third-order valence-corrected chi connectivity index (χ3v) is 4.77. The molecule has 0 radical (unpaired) electrons. The predicted octanol–water partition coefficient (Wildman–Crippen LogP) is 4.31. The maximum atomic E-state index is 12.5. The molecule has 0 aromatic heterocycles. The summed E-state index contributed by atoms with van der Waals surface area (Å²) in [5.41, 5.74) is 1.70. The lowest BCUT2D eigenvalue weighted by atomic mass is 10.2. The number of carbonyl (C=O) groups is 1. The zero-order chi connectivity index (χ0) is 18.9. The van der Waals surface area contributed by atoms with E-state index in [1.165, 1.54) is 11.8 Å². The van der Waals surface area contributed by atoms with Crippen LogP contribution in [0.25, 0.3) is 0 Å². The molecule has 0 fully saturated rings. The van der Waals surface area contributed by atoms with Gasteiger partial charge in [-0.15, -0.1) is 0 Å². The second kappa shape index (κ2) is 9.68. The molecular formula is C20H20FN3O2S. The minimum Gasteiger partial charge on any atom is -0.462 e. The van der Waals surface area contributed by atoms with Crippen molar-refractivity contribution in [3.05, 3.63) is 72.5 Å². The van der Waals surface area contributed by atoms with Gasteiger partial charge in [-0.05, 0) is 42.0 Å². The fourth-order valence-electron chi connectivity index (χ4n) is 2.43. The van der Waals surface area contributed by atoms with E-state index in [0.717, 1.165) is 21.9 Å². The van der Waals surface area contributed by atoms with Crippen LogP contribution in [0, 0.1) is 0 Å². The van der Waals surface area contributed by atoms with Crippen LogP contribution >= 0.6 is 11.8 Å². The van der Waals surface area contributed by atoms with Gasteiger partial charge >= 0.3 is 6.03 Å². The Morgan fingerprint density at radius 3 is 2.74 bits per heavy atom. The number of amides is 2. The van der Waals surface area contributed by atoms with E-state index in [1.54, 1.807) is 12.1 Å². The van der Waals surface area contributed by atoms with Gasteiger partial charge in [-0.2, -0.15) is 0 Å². The zero-order valence-electron chi connectivity index (χ0n) is 14.6. The molecule has 0 saturated carbocycles. The number of urea groups is 1. The molecule has 0 bridgehead atoms. The van der Waals surface area contributed by atoms with Crippen LogP contribution in [0.1, 0.15) is 0 Å². The van der Waals surface area contributed by atoms with Crippen molar-refractivity contribution < 1.29 is 13.9 Å². The highest BCUT2D eigenvalue weighted by atomic mass is 32.2. The quantitative estimate of drug-likeness (QED) is 0.665. The van der Waals surface area contributed by atoms with E-state index < -0.39 is 6.86 Å². The summed E-state index contributed by atoms with van der Waals surface area (Å²) in [5, 5.41) is 8.70. The van der Waals surface area contributed by atoms with Crippen LogP contribution in [0.4, 0.5) is 14.9 Å². The lowest BCUT2D eigenvalue weighted by Gasteiger charge is -2.11. The highest BCUT2D eigenvalue weighted by molar-refractivity contribution is 7.99. The minimum atomic E-state index is -0.863. The van der Waals surface area contributed by atoms with Gasteiger partial charge < -0.3 is 20.7 Å². The van der Waals surface area contributed by atoms with E-state index in [1.807, 2.05) is 54.8 Å². The molecule has 1 aliphatic heterocycles. The fourth-order valence-corrected chi connectivity index (χ4v) is 3.33. The maximum Gasteiger partial charge on any atom is 0.319 e. The monoisotopic (exact) mass is 385 g/mol. The van der Waals surface area contributed by atoms with Crippen LogP contribution in [0.2, 0.25) is 0 Å². The van der Waals surface area contributed by atoms with E-state index in [2.05, 4.69) is 16.0 Å². The first-order valence-electron chi connectivity index (χ1n) is 8.44. The summed E-state index contributed by atoms with van der Waals surface area (Å²) < 4.78 is 17.5. The molecule has 2 aromatic carbocycles. The molecule has 7 heteroatoms. The number of hydrogen-bond donors (Lipinski definition) is 3. The summed E-state index contributed by atoms with van der Waals surface area (Å²) in [5.74, 6) is 0.507. The fraction of sp³-hybridized carbons (Fsp3) is 0.150. The summed E-state index contributed by atoms with van der Waals surface area (Å²) >= 11 is 1.47. The van der Waals surface area contributed by atoms with Crippen molar-refractivity contribution in [3.63, 3.8) is 0 Å². The summed E-state index contributed by atoms with van der Waals surface area (Å²) in [4.78, 5) is 13.8. The molecule has 1 aliphatic rings. The van der Waals surface area contributed by atoms with Gasteiger partial charge in [0.1, 0.15) is 5.75 Å². The number of nitrogens with one attached hydrogen (secondary N) is 3. The molecule has 0 spiro atoms. The van der Waals surface area contributed by atoms with Crippen LogP contribution in [0.5, 0.6) is 5.75 Å². The average Bonchev–Trinajstić information content (AvgIpc) is 2.70. The van der Waals surface area contributed by atoms with E-state index >= 15 is 0 Å². The van der Waals surface area contributed by atoms with Gasteiger partial charge in [-0.25, -0.2) is 9.18 Å². The van der Waals surface area contributed by atoms with Crippen molar-refractivity contribution in [1.29, 1.82) is 0 Å². The van der Waals surface area contributed by atoms with Crippen LogP contribution in [0.15, 0.2) is 82.2 Å². The van der Waals surface area contributed by atoms with Gasteiger partial charge in [0.2, 0.25) is 6.86 Å².